The van der Waals surface area contributed by atoms with Crippen molar-refractivity contribution in [1.82, 2.24) is 10.2 Å². The molecule has 1 aliphatic carbocycles. The summed E-state index contributed by atoms with van der Waals surface area (Å²) in [6.07, 6.45) is 3.18. The minimum absolute atomic E-state index is 0.0350. The van der Waals surface area contributed by atoms with Crippen LogP contribution in [0.4, 0.5) is 0 Å². The maximum Gasteiger partial charge on any atom is 0.217 e. The molecule has 5 unspecified atom stereocenters. The summed E-state index contributed by atoms with van der Waals surface area (Å²) in [4.78, 5) is 13.7. The van der Waals surface area contributed by atoms with Crippen LogP contribution in [-0.4, -0.2) is 47.2 Å². The van der Waals surface area contributed by atoms with Gasteiger partial charge in [0.1, 0.15) is 0 Å². The van der Waals surface area contributed by atoms with Crippen LogP contribution < -0.4 is 5.32 Å². The Balaban J connectivity index is 1.99. The molecule has 4 heteroatoms. The quantitative estimate of drug-likeness (QED) is 0.790. The summed E-state index contributed by atoms with van der Waals surface area (Å²) in [6, 6.07) is 0.853. The normalized spacial score (nSPS) is 38.9. The highest BCUT2D eigenvalue weighted by Crippen LogP contribution is 2.34. The second-order valence-electron chi connectivity index (χ2n) is 6.21. The molecule has 2 fully saturated rings. The van der Waals surface area contributed by atoms with Gasteiger partial charge in [-0.05, 0) is 38.0 Å². The van der Waals surface area contributed by atoms with Gasteiger partial charge in [-0.1, -0.05) is 6.92 Å². The molecule has 2 N–H and O–H groups in total. The first-order chi connectivity index (χ1) is 8.47. The first-order valence-corrected chi connectivity index (χ1v) is 7.16. The molecule has 4 nitrogen and oxygen atoms in total. The lowest BCUT2D eigenvalue weighted by Crippen LogP contribution is -2.58. The van der Waals surface area contributed by atoms with E-state index in [1.807, 2.05) is 6.92 Å². The molecule has 1 heterocycles. The molecule has 2 rings (SSSR count). The molecule has 0 aromatic carbocycles. The lowest BCUT2D eigenvalue weighted by molar-refractivity contribution is -0.120. The number of likely N-dealkylation sites (tertiary alicyclic amines) is 1. The lowest BCUT2D eigenvalue weighted by Gasteiger charge is -2.49. The van der Waals surface area contributed by atoms with Gasteiger partial charge in [0, 0.05) is 32.1 Å². The average molecular weight is 254 g/mol. The summed E-state index contributed by atoms with van der Waals surface area (Å²) < 4.78 is 0. The molecule has 0 radical (unpaired) electrons. The van der Waals surface area contributed by atoms with E-state index >= 15 is 0 Å². The number of amides is 1. The standard InChI is InChI=1S/C14H26N2O2/c1-9-4-5-14(9)16-7-12(10(2)17)6-13(8-16)15-11(3)18/h9-10,12-14,17H,4-8H2,1-3H3,(H,15,18). The SMILES string of the molecule is CC(=O)NC1CC(C(C)O)CN(C2CCC2C)C1. The van der Waals surface area contributed by atoms with Crippen LogP contribution >= 0.6 is 0 Å². The summed E-state index contributed by atoms with van der Waals surface area (Å²) in [7, 11) is 0. The highest BCUT2D eigenvalue weighted by atomic mass is 16.3. The number of aliphatic hydroxyl groups excluding tert-OH is 1. The molecule has 0 bridgehead atoms. The van der Waals surface area contributed by atoms with Gasteiger partial charge in [0.25, 0.3) is 0 Å². The predicted octanol–water partition coefficient (Wildman–Crippen LogP) is 0.992. The Morgan fingerprint density at radius 1 is 1.39 bits per heavy atom. The van der Waals surface area contributed by atoms with Crippen molar-refractivity contribution in [1.29, 1.82) is 0 Å². The van der Waals surface area contributed by atoms with Crippen LogP contribution in [0, 0.1) is 11.8 Å². The number of rotatable bonds is 3. The number of piperidine rings is 1. The highest BCUT2D eigenvalue weighted by molar-refractivity contribution is 5.73. The largest absolute Gasteiger partial charge is 0.393 e. The number of carbonyl (C=O) groups is 1. The van der Waals surface area contributed by atoms with Gasteiger partial charge < -0.3 is 10.4 Å². The molecule has 0 spiro atoms. The summed E-state index contributed by atoms with van der Waals surface area (Å²) in [5.74, 6) is 1.08. The molecule has 1 amide bonds. The number of nitrogens with one attached hydrogen (secondary N) is 1. The number of carbonyl (C=O) groups excluding carboxylic acids is 1. The Morgan fingerprint density at radius 3 is 2.56 bits per heavy atom. The Bertz CT molecular complexity index is 306. The van der Waals surface area contributed by atoms with E-state index < -0.39 is 0 Å². The fourth-order valence-electron chi connectivity index (χ4n) is 3.38. The van der Waals surface area contributed by atoms with Crippen LogP contribution in [0.25, 0.3) is 0 Å². The molecule has 1 aliphatic heterocycles. The molecule has 104 valence electrons. The van der Waals surface area contributed by atoms with Crippen molar-refractivity contribution in [3.05, 3.63) is 0 Å². The Morgan fingerprint density at radius 2 is 2.11 bits per heavy atom. The van der Waals surface area contributed by atoms with E-state index in [1.165, 1.54) is 12.8 Å². The van der Waals surface area contributed by atoms with E-state index in [2.05, 4.69) is 17.1 Å². The second-order valence-corrected chi connectivity index (χ2v) is 6.21. The van der Waals surface area contributed by atoms with Crippen LogP contribution in [0.3, 0.4) is 0 Å². The molecule has 2 aliphatic rings. The first kappa shape index (κ1) is 13.8. The Hall–Kier alpha value is -0.610. The van der Waals surface area contributed by atoms with Crippen molar-refractivity contribution < 1.29 is 9.90 Å². The summed E-state index contributed by atoms with van der Waals surface area (Å²) >= 11 is 0. The van der Waals surface area contributed by atoms with E-state index in [0.29, 0.717) is 6.04 Å². The topological polar surface area (TPSA) is 52.6 Å². The Labute approximate surface area is 110 Å². The molecule has 1 saturated carbocycles. The first-order valence-electron chi connectivity index (χ1n) is 7.16. The smallest absolute Gasteiger partial charge is 0.217 e. The number of hydrogen-bond donors (Lipinski definition) is 2. The molecule has 0 aromatic rings. The van der Waals surface area contributed by atoms with E-state index in [9.17, 15) is 9.90 Å². The third-order valence-electron chi connectivity index (χ3n) is 4.64. The molecule has 1 saturated heterocycles. The van der Waals surface area contributed by atoms with Crippen molar-refractivity contribution in [2.75, 3.05) is 13.1 Å². The summed E-state index contributed by atoms with van der Waals surface area (Å²) in [5, 5.41) is 12.9. The van der Waals surface area contributed by atoms with E-state index in [4.69, 9.17) is 0 Å². The van der Waals surface area contributed by atoms with Crippen molar-refractivity contribution in [3.63, 3.8) is 0 Å². The zero-order chi connectivity index (χ0) is 13.3. The summed E-state index contributed by atoms with van der Waals surface area (Å²) in [5.41, 5.74) is 0. The Kier molecular flexibility index (Phi) is 4.28. The molecule has 18 heavy (non-hydrogen) atoms. The van der Waals surface area contributed by atoms with Gasteiger partial charge in [0.2, 0.25) is 5.91 Å². The van der Waals surface area contributed by atoms with Gasteiger partial charge in [-0.3, -0.25) is 9.69 Å². The molecular weight excluding hydrogens is 228 g/mol. The van der Waals surface area contributed by atoms with Gasteiger partial charge >= 0.3 is 0 Å². The van der Waals surface area contributed by atoms with E-state index in [0.717, 1.165) is 25.4 Å². The van der Waals surface area contributed by atoms with Gasteiger partial charge in [-0.2, -0.15) is 0 Å². The zero-order valence-corrected chi connectivity index (χ0v) is 11.7. The summed E-state index contributed by atoms with van der Waals surface area (Å²) in [6.45, 7) is 7.65. The van der Waals surface area contributed by atoms with Gasteiger partial charge in [-0.25, -0.2) is 0 Å². The van der Waals surface area contributed by atoms with Crippen molar-refractivity contribution in [2.45, 2.75) is 58.2 Å². The van der Waals surface area contributed by atoms with Crippen LogP contribution in [0.15, 0.2) is 0 Å². The lowest BCUT2D eigenvalue weighted by atomic mass is 9.77. The molecular formula is C14H26N2O2. The third kappa shape index (κ3) is 3.04. The number of aliphatic hydroxyl groups is 1. The fraction of sp³-hybridized carbons (Fsp3) is 0.929. The predicted molar refractivity (Wildman–Crippen MR) is 71.2 cm³/mol. The maximum atomic E-state index is 11.2. The average Bonchev–Trinajstić information content (AvgIpc) is 2.25. The molecule has 0 aromatic heterocycles. The minimum atomic E-state index is -0.292. The minimum Gasteiger partial charge on any atom is -0.393 e. The van der Waals surface area contributed by atoms with Crippen molar-refractivity contribution in [3.8, 4) is 0 Å². The third-order valence-corrected chi connectivity index (χ3v) is 4.64. The van der Waals surface area contributed by atoms with Gasteiger partial charge in [-0.15, -0.1) is 0 Å². The van der Waals surface area contributed by atoms with E-state index in [-0.39, 0.29) is 24.0 Å². The van der Waals surface area contributed by atoms with Crippen LogP contribution in [0.2, 0.25) is 0 Å². The zero-order valence-electron chi connectivity index (χ0n) is 11.7. The monoisotopic (exact) mass is 254 g/mol. The van der Waals surface area contributed by atoms with E-state index in [1.54, 1.807) is 6.92 Å². The van der Waals surface area contributed by atoms with Gasteiger partial charge in [0.05, 0.1) is 6.10 Å². The fourth-order valence-corrected chi connectivity index (χ4v) is 3.38. The number of nitrogens with zero attached hydrogens (tertiary/aromatic N) is 1. The highest BCUT2D eigenvalue weighted by Gasteiger charge is 2.38. The van der Waals surface area contributed by atoms with Crippen LogP contribution in [0.5, 0.6) is 0 Å². The number of hydrogen-bond acceptors (Lipinski definition) is 3. The second kappa shape index (κ2) is 5.57. The maximum absolute atomic E-state index is 11.2. The van der Waals surface area contributed by atoms with Crippen molar-refractivity contribution >= 4 is 5.91 Å². The van der Waals surface area contributed by atoms with Gasteiger partial charge in [0.15, 0.2) is 0 Å². The van der Waals surface area contributed by atoms with Crippen LogP contribution in [0.1, 0.15) is 40.0 Å². The molecule has 5 atom stereocenters. The van der Waals surface area contributed by atoms with Crippen molar-refractivity contribution in [2.24, 2.45) is 11.8 Å². The van der Waals surface area contributed by atoms with Crippen LogP contribution in [-0.2, 0) is 4.79 Å².